The Labute approximate surface area is 230 Å². The minimum absolute atomic E-state index is 0.0157. The third kappa shape index (κ3) is 8.34. The Kier molecular flexibility index (Phi) is 9.96. The van der Waals surface area contributed by atoms with Gasteiger partial charge in [-0.2, -0.15) is 0 Å². The molecular formula is C30H27N2O6S-. The summed E-state index contributed by atoms with van der Waals surface area (Å²) in [5.41, 5.74) is 2.90. The molecule has 0 radical (unpaired) electrons. The van der Waals surface area contributed by atoms with E-state index in [-0.39, 0.29) is 34.3 Å². The second-order valence-electron chi connectivity index (χ2n) is 8.48. The van der Waals surface area contributed by atoms with Crippen molar-refractivity contribution in [1.29, 1.82) is 0 Å². The van der Waals surface area contributed by atoms with E-state index in [1.807, 2.05) is 91.0 Å². The highest BCUT2D eigenvalue weighted by molar-refractivity contribution is 7.99. The van der Waals surface area contributed by atoms with Gasteiger partial charge in [0.15, 0.2) is 0 Å². The van der Waals surface area contributed by atoms with E-state index in [4.69, 9.17) is 14.7 Å². The highest BCUT2D eigenvalue weighted by Gasteiger charge is 2.26. The molecule has 1 atom stereocenters. The summed E-state index contributed by atoms with van der Waals surface area (Å²) in [7, 11) is 0. The lowest BCUT2D eigenvalue weighted by Crippen LogP contribution is -2.45. The third-order valence-corrected chi connectivity index (χ3v) is 7.10. The van der Waals surface area contributed by atoms with Gasteiger partial charge in [-0.3, -0.25) is 5.21 Å². The number of alkyl carbamates (subject to hydrolysis) is 1. The minimum atomic E-state index is -1.04. The molecule has 9 heteroatoms. The van der Waals surface area contributed by atoms with E-state index in [9.17, 15) is 14.8 Å². The molecule has 0 aliphatic rings. The van der Waals surface area contributed by atoms with Crippen LogP contribution in [0.25, 0.3) is 0 Å². The van der Waals surface area contributed by atoms with Gasteiger partial charge in [-0.15, -0.1) is 11.8 Å². The standard InChI is InChI=1S/C30H27N2O6S/c33-29(38-26-18-16-25(17-19-26)32(35)36)27(31-30(34)37-20-22-10-4-1-5-11-22)21-39-28(23-12-6-2-7-13-23)24-14-8-3-9-15-24/h1-19,27-28,35H,20-21H2,(H,31,34)/q-1. The maximum atomic E-state index is 13.2. The molecule has 4 rings (SSSR count). The number of carbonyl (C=O) groups excluding carboxylic acids is 2. The average Bonchev–Trinajstić information content (AvgIpc) is 2.97. The van der Waals surface area contributed by atoms with Crippen LogP contribution in [0.15, 0.2) is 115 Å². The van der Waals surface area contributed by atoms with Crippen molar-refractivity contribution in [3.05, 3.63) is 137 Å². The Bertz CT molecular complexity index is 1280. The predicted octanol–water partition coefficient (Wildman–Crippen LogP) is 6.10. The molecule has 0 bridgehead atoms. The maximum absolute atomic E-state index is 13.2. The molecule has 8 nitrogen and oxygen atoms in total. The van der Waals surface area contributed by atoms with E-state index < -0.39 is 18.1 Å². The zero-order valence-electron chi connectivity index (χ0n) is 20.9. The number of amides is 1. The van der Waals surface area contributed by atoms with Crippen molar-refractivity contribution in [2.75, 3.05) is 11.0 Å². The van der Waals surface area contributed by atoms with Crippen LogP contribution in [0.5, 0.6) is 5.75 Å². The number of thioether (sulfide) groups is 1. The van der Waals surface area contributed by atoms with Crippen molar-refractivity contribution in [3.8, 4) is 5.75 Å². The zero-order valence-corrected chi connectivity index (χ0v) is 21.7. The summed E-state index contributed by atoms with van der Waals surface area (Å²) in [4.78, 5) is 25.9. The second-order valence-corrected chi connectivity index (χ2v) is 9.62. The SMILES string of the molecule is O=C(NC(CSC(c1ccccc1)c1ccccc1)C(=O)Oc1ccc(N([O-])O)cc1)OCc1ccccc1. The van der Waals surface area contributed by atoms with Crippen LogP contribution < -0.4 is 15.3 Å². The molecule has 4 aromatic carbocycles. The van der Waals surface area contributed by atoms with E-state index in [1.54, 1.807) is 0 Å². The molecule has 2 N–H and O–H groups in total. The lowest BCUT2D eigenvalue weighted by atomic mass is 10.0. The predicted molar refractivity (Wildman–Crippen MR) is 150 cm³/mol. The Balaban J connectivity index is 1.49. The van der Waals surface area contributed by atoms with Crippen LogP contribution in [0.2, 0.25) is 0 Å². The number of anilines is 1. The van der Waals surface area contributed by atoms with Gasteiger partial charge in [-0.25, -0.2) is 9.59 Å². The number of ether oxygens (including phenoxy) is 2. The molecule has 0 saturated carbocycles. The Morgan fingerprint density at radius 2 is 1.36 bits per heavy atom. The van der Waals surface area contributed by atoms with Crippen LogP contribution >= 0.6 is 11.8 Å². The van der Waals surface area contributed by atoms with Crippen molar-refractivity contribution in [2.24, 2.45) is 0 Å². The number of nitrogens with one attached hydrogen (secondary N) is 1. The van der Waals surface area contributed by atoms with Crippen LogP contribution in [-0.4, -0.2) is 29.1 Å². The molecule has 4 aromatic rings. The van der Waals surface area contributed by atoms with Crippen LogP contribution in [-0.2, 0) is 16.1 Å². The summed E-state index contributed by atoms with van der Waals surface area (Å²) >= 11 is 1.49. The molecular weight excluding hydrogens is 516 g/mol. The lowest BCUT2D eigenvalue weighted by Gasteiger charge is -2.23. The van der Waals surface area contributed by atoms with Gasteiger partial charge in [0, 0.05) is 5.75 Å². The number of hydrogen-bond acceptors (Lipinski definition) is 8. The number of carbonyl (C=O) groups is 2. The van der Waals surface area contributed by atoms with Gasteiger partial charge in [0.05, 0.1) is 10.9 Å². The van der Waals surface area contributed by atoms with Gasteiger partial charge in [0.25, 0.3) is 0 Å². The molecule has 1 amide bonds. The molecule has 39 heavy (non-hydrogen) atoms. The summed E-state index contributed by atoms with van der Waals surface area (Å²) in [6.45, 7) is 0.0482. The summed E-state index contributed by atoms with van der Waals surface area (Å²) in [6, 6.07) is 33.3. The Morgan fingerprint density at radius 3 is 1.90 bits per heavy atom. The third-order valence-electron chi connectivity index (χ3n) is 5.70. The summed E-state index contributed by atoms with van der Waals surface area (Å²) in [5, 5.41) is 22.3. The van der Waals surface area contributed by atoms with E-state index in [1.165, 1.54) is 36.0 Å². The van der Waals surface area contributed by atoms with Crippen molar-refractivity contribution < 1.29 is 24.3 Å². The average molecular weight is 544 g/mol. The van der Waals surface area contributed by atoms with Gasteiger partial charge in [-0.05, 0) is 41.0 Å². The molecule has 1 unspecified atom stereocenters. The van der Waals surface area contributed by atoms with Gasteiger partial charge in [0.2, 0.25) is 0 Å². The van der Waals surface area contributed by atoms with Crippen molar-refractivity contribution in [2.45, 2.75) is 17.9 Å². The Morgan fingerprint density at radius 1 is 0.821 bits per heavy atom. The fourth-order valence-corrected chi connectivity index (χ4v) is 5.04. The minimum Gasteiger partial charge on any atom is -0.733 e. The second kappa shape index (κ2) is 14.0. The number of esters is 1. The number of hydrogen-bond donors (Lipinski definition) is 2. The molecule has 0 spiro atoms. The largest absolute Gasteiger partial charge is 0.733 e. The molecule has 200 valence electrons. The van der Waals surface area contributed by atoms with Gasteiger partial charge >= 0.3 is 12.1 Å². The van der Waals surface area contributed by atoms with Crippen molar-refractivity contribution in [3.63, 3.8) is 0 Å². The summed E-state index contributed by atoms with van der Waals surface area (Å²) in [6.07, 6.45) is -0.755. The molecule has 0 saturated heterocycles. The summed E-state index contributed by atoms with van der Waals surface area (Å²) in [5.74, 6) is -0.353. The van der Waals surface area contributed by atoms with E-state index in [0.29, 0.717) is 0 Å². The summed E-state index contributed by atoms with van der Waals surface area (Å²) < 4.78 is 10.8. The van der Waals surface area contributed by atoms with Crippen LogP contribution in [0.3, 0.4) is 0 Å². The highest BCUT2D eigenvalue weighted by Crippen LogP contribution is 2.36. The topological polar surface area (TPSA) is 111 Å². The monoisotopic (exact) mass is 543 g/mol. The number of rotatable bonds is 11. The maximum Gasteiger partial charge on any atom is 0.408 e. The zero-order chi connectivity index (χ0) is 27.5. The first kappa shape index (κ1) is 27.7. The first-order valence-corrected chi connectivity index (χ1v) is 13.2. The molecule has 0 fully saturated rings. The molecule has 0 aromatic heterocycles. The molecule has 0 aliphatic heterocycles. The van der Waals surface area contributed by atoms with Gasteiger partial charge < -0.3 is 25.2 Å². The quantitative estimate of drug-likeness (QED) is 0.133. The van der Waals surface area contributed by atoms with E-state index >= 15 is 0 Å². The normalized spacial score (nSPS) is 11.5. The number of benzene rings is 4. The molecule has 0 aliphatic carbocycles. The van der Waals surface area contributed by atoms with Crippen LogP contribution in [0.1, 0.15) is 21.9 Å². The first-order valence-electron chi connectivity index (χ1n) is 12.2. The Hall–Kier alpha value is -4.31. The van der Waals surface area contributed by atoms with Crippen LogP contribution in [0.4, 0.5) is 10.5 Å². The number of nitrogens with zero attached hydrogens (tertiary/aromatic N) is 1. The highest BCUT2D eigenvalue weighted by atomic mass is 32.2. The fourth-order valence-electron chi connectivity index (χ4n) is 3.74. The smallest absolute Gasteiger partial charge is 0.408 e. The van der Waals surface area contributed by atoms with Crippen LogP contribution in [0, 0.1) is 5.21 Å². The van der Waals surface area contributed by atoms with E-state index in [0.717, 1.165) is 16.7 Å². The van der Waals surface area contributed by atoms with Gasteiger partial charge in [-0.1, -0.05) is 91.0 Å². The fraction of sp³-hybridized carbons (Fsp3) is 0.133. The van der Waals surface area contributed by atoms with E-state index in [2.05, 4.69) is 5.32 Å². The van der Waals surface area contributed by atoms with Crippen molar-refractivity contribution >= 4 is 29.5 Å². The lowest BCUT2D eigenvalue weighted by molar-refractivity contribution is -0.136. The first-order chi connectivity index (χ1) is 19.0. The molecule has 0 heterocycles. The van der Waals surface area contributed by atoms with Gasteiger partial charge in [0.1, 0.15) is 18.4 Å². The van der Waals surface area contributed by atoms with Crippen molar-refractivity contribution in [1.82, 2.24) is 5.32 Å².